The van der Waals surface area contributed by atoms with Gasteiger partial charge in [-0.3, -0.25) is 0 Å². The van der Waals surface area contributed by atoms with Crippen LogP contribution in [-0.4, -0.2) is 59.1 Å². The summed E-state index contributed by atoms with van der Waals surface area (Å²) in [5.41, 5.74) is 6.30. The minimum Gasteiger partial charge on any atom is -0.370 e. The molecule has 5 heterocycles. The smallest absolute Gasteiger partial charge is 0.142 e. The average molecular weight is 530 g/mol. The summed E-state index contributed by atoms with van der Waals surface area (Å²) in [5, 5.41) is 3.65. The number of benzene rings is 1. The van der Waals surface area contributed by atoms with E-state index in [-0.39, 0.29) is 5.41 Å². The van der Waals surface area contributed by atoms with E-state index in [1.54, 1.807) is 6.33 Å². The maximum Gasteiger partial charge on any atom is 0.142 e. The van der Waals surface area contributed by atoms with E-state index in [2.05, 4.69) is 79.6 Å². The molecule has 8 heteroatoms. The summed E-state index contributed by atoms with van der Waals surface area (Å²) < 4.78 is 0. The fourth-order valence-electron chi connectivity index (χ4n) is 6.37. The van der Waals surface area contributed by atoms with Crippen LogP contribution in [0.5, 0.6) is 0 Å². The van der Waals surface area contributed by atoms with Gasteiger partial charge in [0.1, 0.15) is 18.0 Å². The zero-order valence-corrected chi connectivity index (χ0v) is 23.6. The van der Waals surface area contributed by atoms with Crippen LogP contribution in [0.3, 0.4) is 0 Å². The second-order valence-electron chi connectivity index (χ2n) is 11.6. The number of nitrogens with one attached hydrogen (secondary N) is 1. The maximum absolute atomic E-state index is 4.65. The Bertz CT molecular complexity index is 1290. The average Bonchev–Trinajstić information content (AvgIpc) is 3.18. The van der Waals surface area contributed by atoms with Crippen LogP contribution in [0.2, 0.25) is 0 Å². The molecule has 38 heavy (non-hydrogen) atoms. The summed E-state index contributed by atoms with van der Waals surface area (Å²) in [5.74, 6) is 1.83. The van der Waals surface area contributed by atoms with Crippen LogP contribution >= 0.6 is 12.6 Å². The van der Waals surface area contributed by atoms with E-state index < -0.39 is 0 Å². The molecule has 7 nitrogen and oxygen atoms in total. The molecule has 6 rings (SSSR count). The summed E-state index contributed by atoms with van der Waals surface area (Å²) in [6.45, 7) is 12.2. The van der Waals surface area contributed by atoms with E-state index in [1.165, 1.54) is 62.1 Å². The zero-order valence-electron chi connectivity index (χ0n) is 22.7. The quantitative estimate of drug-likeness (QED) is 0.395. The first-order valence-electron chi connectivity index (χ1n) is 14.1. The Balaban J connectivity index is 1.18. The molecule has 2 aromatic heterocycles. The first kappa shape index (κ1) is 25.4. The third kappa shape index (κ3) is 5.21. The number of hydrogen-bond acceptors (Lipinski definition) is 8. The van der Waals surface area contributed by atoms with Gasteiger partial charge in [-0.15, -0.1) is 12.6 Å². The van der Waals surface area contributed by atoms with Gasteiger partial charge in [0.15, 0.2) is 0 Å². The highest BCUT2D eigenvalue weighted by atomic mass is 32.1. The van der Waals surface area contributed by atoms with Gasteiger partial charge in [-0.25, -0.2) is 15.0 Å². The van der Waals surface area contributed by atoms with Gasteiger partial charge in [-0.1, -0.05) is 26.3 Å². The molecule has 1 aromatic carbocycles. The largest absolute Gasteiger partial charge is 0.370 e. The zero-order chi connectivity index (χ0) is 26.1. The van der Waals surface area contributed by atoms with Crippen molar-refractivity contribution in [3.05, 3.63) is 59.7 Å². The predicted octanol–water partition coefficient (Wildman–Crippen LogP) is 5.44. The maximum atomic E-state index is 4.65. The lowest BCUT2D eigenvalue weighted by Crippen LogP contribution is -2.34. The van der Waals surface area contributed by atoms with Crippen molar-refractivity contribution in [3.63, 3.8) is 0 Å². The second-order valence-corrected chi connectivity index (χ2v) is 12.1. The summed E-state index contributed by atoms with van der Waals surface area (Å²) in [7, 11) is 0. The fraction of sp³-hybridized carbons (Fsp3) is 0.500. The van der Waals surface area contributed by atoms with Crippen molar-refractivity contribution in [3.8, 4) is 0 Å². The van der Waals surface area contributed by atoms with Crippen LogP contribution in [0.15, 0.2) is 47.8 Å². The second kappa shape index (κ2) is 10.7. The molecule has 0 saturated carbocycles. The van der Waals surface area contributed by atoms with Crippen LogP contribution in [0.1, 0.15) is 56.4 Å². The third-order valence-electron chi connectivity index (χ3n) is 8.34. The molecule has 0 atom stereocenters. The molecule has 0 bridgehead atoms. The SMILES string of the molecule is CC1(C)CN(CCCN2CCCCC2)c2cc(Nc3ncnc4c3CCN(c3ncccc3S)C4)ccc21. The van der Waals surface area contributed by atoms with E-state index in [4.69, 9.17) is 0 Å². The number of fused-ring (bicyclic) bond motifs is 2. The predicted molar refractivity (Wildman–Crippen MR) is 158 cm³/mol. The number of rotatable bonds is 7. The number of likely N-dealkylation sites (tertiary alicyclic amines) is 1. The first-order valence-corrected chi connectivity index (χ1v) is 14.5. The van der Waals surface area contributed by atoms with Crippen molar-refractivity contribution in [1.82, 2.24) is 19.9 Å². The van der Waals surface area contributed by atoms with Crippen molar-refractivity contribution in [2.45, 2.75) is 62.8 Å². The van der Waals surface area contributed by atoms with E-state index in [1.807, 2.05) is 18.3 Å². The van der Waals surface area contributed by atoms with Crippen LogP contribution in [0.25, 0.3) is 0 Å². The molecule has 1 saturated heterocycles. The highest BCUT2D eigenvalue weighted by Gasteiger charge is 2.35. The third-order valence-corrected chi connectivity index (χ3v) is 8.69. The standard InChI is InChI=1S/C30H39N7S/c1-30(2)20-37(16-7-15-35-13-4-3-5-14-35)26-18-22(9-10-24(26)30)34-28-23-11-17-36(19-25(23)32-21-33-28)29-27(38)8-6-12-31-29/h6,8-10,12,18,21,38H,3-5,7,11,13-17,19-20H2,1-2H3,(H,32,33,34). The number of thiol groups is 1. The topological polar surface area (TPSA) is 60.4 Å². The number of aromatic nitrogens is 3. The Morgan fingerprint density at radius 1 is 1.00 bits per heavy atom. The van der Waals surface area contributed by atoms with E-state index in [0.717, 1.165) is 54.0 Å². The van der Waals surface area contributed by atoms with Crippen molar-refractivity contribution in [2.24, 2.45) is 0 Å². The van der Waals surface area contributed by atoms with Crippen molar-refractivity contribution in [1.29, 1.82) is 0 Å². The summed E-state index contributed by atoms with van der Waals surface area (Å²) >= 11 is 4.61. The van der Waals surface area contributed by atoms with Gasteiger partial charge >= 0.3 is 0 Å². The monoisotopic (exact) mass is 529 g/mol. The molecule has 0 amide bonds. The summed E-state index contributed by atoms with van der Waals surface area (Å²) in [4.78, 5) is 22.2. The molecule has 3 aliphatic rings. The first-order chi connectivity index (χ1) is 18.5. The van der Waals surface area contributed by atoms with Gasteiger partial charge in [0.05, 0.1) is 12.2 Å². The fourth-order valence-corrected chi connectivity index (χ4v) is 6.66. The lowest BCUT2D eigenvalue weighted by molar-refractivity contribution is 0.227. The Morgan fingerprint density at radius 2 is 1.87 bits per heavy atom. The molecular formula is C30H39N7S. The van der Waals surface area contributed by atoms with Crippen LogP contribution in [0.4, 0.5) is 23.0 Å². The van der Waals surface area contributed by atoms with Crippen LogP contribution in [0, 0.1) is 0 Å². The van der Waals surface area contributed by atoms with Crippen molar-refractivity contribution >= 4 is 35.6 Å². The van der Waals surface area contributed by atoms with Crippen molar-refractivity contribution < 1.29 is 0 Å². The number of nitrogens with zero attached hydrogens (tertiary/aromatic N) is 6. The summed E-state index contributed by atoms with van der Waals surface area (Å²) in [6, 6.07) is 10.8. The van der Waals surface area contributed by atoms with Gasteiger partial charge in [0, 0.05) is 53.1 Å². The van der Waals surface area contributed by atoms with Gasteiger partial charge in [-0.2, -0.15) is 0 Å². The number of piperidine rings is 1. The minimum absolute atomic E-state index is 0.161. The minimum atomic E-state index is 0.161. The van der Waals surface area contributed by atoms with Gasteiger partial charge in [0.2, 0.25) is 0 Å². The Hall–Kier alpha value is -2.84. The number of anilines is 4. The van der Waals surface area contributed by atoms with Gasteiger partial charge < -0.3 is 20.0 Å². The Labute approximate surface area is 232 Å². The molecule has 0 aliphatic carbocycles. The molecule has 0 radical (unpaired) electrons. The van der Waals surface area contributed by atoms with Crippen LogP contribution < -0.4 is 15.1 Å². The molecule has 0 unspecified atom stereocenters. The molecule has 0 spiro atoms. The highest BCUT2D eigenvalue weighted by molar-refractivity contribution is 7.80. The van der Waals surface area contributed by atoms with E-state index in [0.29, 0.717) is 6.54 Å². The molecule has 3 aromatic rings. The number of pyridine rings is 1. The van der Waals surface area contributed by atoms with Gasteiger partial charge in [0.25, 0.3) is 0 Å². The Kier molecular flexibility index (Phi) is 7.18. The van der Waals surface area contributed by atoms with E-state index >= 15 is 0 Å². The highest BCUT2D eigenvalue weighted by Crippen LogP contribution is 2.42. The lowest BCUT2D eigenvalue weighted by atomic mass is 9.87. The van der Waals surface area contributed by atoms with E-state index in [9.17, 15) is 0 Å². The summed E-state index contributed by atoms with van der Waals surface area (Å²) in [6.07, 6.45) is 9.69. The molecule has 1 fully saturated rings. The van der Waals surface area contributed by atoms with Crippen molar-refractivity contribution in [2.75, 3.05) is 54.4 Å². The molecule has 3 aliphatic heterocycles. The molecular weight excluding hydrogens is 490 g/mol. The Morgan fingerprint density at radius 3 is 2.71 bits per heavy atom. The molecule has 200 valence electrons. The number of hydrogen-bond donors (Lipinski definition) is 2. The molecule has 1 N–H and O–H groups in total. The lowest BCUT2D eigenvalue weighted by Gasteiger charge is -2.30. The van der Waals surface area contributed by atoms with Gasteiger partial charge in [-0.05, 0) is 75.1 Å². The van der Waals surface area contributed by atoms with Crippen LogP contribution in [-0.2, 0) is 18.4 Å². The normalized spacial score (nSPS) is 18.8.